The van der Waals surface area contributed by atoms with Gasteiger partial charge in [-0.05, 0) is 61.5 Å². The minimum Gasteiger partial charge on any atom is -0.354 e. The summed E-state index contributed by atoms with van der Waals surface area (Å²) in [5, 5.41) is 4.64. The van der Waals surface area contributed by atoms with Crippen LogP contribution in [0.15, 0.2) is 42.5 Å². The summed E-state index contributed by atoms with van der Waals surface area (Å²) < 4.78 is 4.28. The Kier molecular flexibility index (Phi) is 7.11. The number of nitrogens with zero attached hydrogens (tertiary/aromatic N) is 1. The normalized spacial score (nSPS) is 23.7. The number of halogens is 3. The summed E-state index contributed by atoms with van der Waals surface area (Å²) in [4.78, 5) is 15.6. The molecule has 30 heavy (non-hydrogen) atoms. The van der Waals surface area contributed by atoms with E-state index in [9.17, 15) is 4.79 Å². The third-order valence-electron chi connectivity index (χ3n) is 6.30. The van der Waals surface area contributed by atoms with E-state index >= 15 is 0 Å². The Morgan fingerprint density at radius 2 is 1.83 bits per heavy atom. The summed E-state index contributed by atoms with van der Waals surface area (Å²) >= 11 is 18.6. The molecule has 0 aromatic heterocycles. The molecule has 0 unspecified atom stereocenters. The number of alkyl halides is 3. The van der Waals surface area contributed by atoms with Gasteiger partial charge in [-0.1, -0.05) is 77.6 Å². The highest BCUT2D eigenvalue weighted by Gasteiger charge is 2.38. The van der Waals surface area contributed by atoms with Gasteiger partial charge in [-0.2, -0.15) is 0 Å². The quantitative estimate of drug-likeness (QED) is 0.461. The fourth-order valence-corrected chi connectivity index (χ4v) is 5.18. The number of piperidine rings is 2. The number of benzene rings is 2. The first-order valence-corrected chi connectivity index (χ1v) is 11.8. The number of hydrogen-bond acceptors (Lipinski definition) is 3. The lowest BCUT2D eigenvalue weighted by atomic mass is 9.84. The zero-order valence-corrected chi connectivity index (χ0v) is 19.1. The van der Waals surface area contributed by atoms with Crippen LogP contribution in [0.3, 0.4) is 0 Å². The van der Waals surface area contributed by atoms with E-state index in [1.807, 2.05) is 36.4 Å². The van der Waals surface area contributed by atoms with Gasteiger partial charge in [0.1, 0.15) is 0 Å². The molecular formula is C23H27Cl3N2O2. The highest BCUT2D eigenvalue weighted by Crippen LogP contribution is 2.35. The molecule has 1 amide bonds. The molecule has 2 aliphatic heterocycles. The molecule has 0 radical (unpaired) electrons. The molecule has 2 saturated heterocycles. The third-order valence-corrected chi connectivity index (χ3v) is 6.89. The maximum atomic E-state index is 13.0. The Morgan fingerprint density at radius 3 is 2.67 bits per heavy atom. The van der Waals surface area contributed by atoms with Gasteiger partial charge in [-0.25, -0.2) is 0 Å². The molecule has 0 aliphatic carbocycles. The maximum absolute atomic E-state index is 13.0. The highest BCUT2D eigenvalue weighted by atomic mass is 35.6. The van der Waals surface area contributed by atoms with Crippen LogP contribution < -0.4 is 5.32 Å². The first-order valence-electron chi connectivity index (χ1n) is 10.6. The topological polar surface area (TPSA) is 41.6 Å². The van der Waals surface area contributed by atoms with Crippen molar-refractivity contribution in [3.05, 3.63) is 48.0 Å². The minimum atomic E-state index is -1.76. The fourth-order valence-electron chi connectivity index (χ4n) is 4.83. The molecule has 0 saturated carbocycles. The molecule has 2 aliphatic rings. The van der Waals surface area contributed by atoms with E-state index in [2.05, 4.69) is 10.2 Å². The Labute approximate surface area is 192 Å². The Morgan fingerprint density at radius 1 is 1.07 bits per heavy atom. The van der Waals surface area contributed by atoms with E-state index in [0.717, 1.165) is 36.7 Å². The van der Waals surface area contributed by atoms with Crippen molar-refractivity contribution < 1.29 is 9.53 Å². The third kappa shape index (κ3) is 5.05. The lowest BCUT2D eigenvalue weighted by molar-refractivity contribution is -0.0324. The van der Waals surface area contributed by atoms with Crippen LogP contribution in [-0.4, -0.2) is 46.6 Å². The van der Waals surface area contributed by atoms with E-state index in [1.54, 1.807) is 6.07 Å². The summed E-state index contributed by atoms with van der Waals surface area (Å²) in [6.45, 7) is 2.79. The molecule has 2 fully saturated rings. The molecule has 162 valence electrons. The van der Waals surface area contributed by atoms with E-state index in [0.29, 0.717) is 24.1 Å². The predicted octanol–water partition coefficient (Wildman–Crippen LogP) is 5.55. The van der Waals surface area contributed by atoms with Gasteiger partial charge in [-0.3, -0.25) is 4.79 Å². The van der Waals surface area contributed by atoms with Crippen LogP contribution >= 0.6 is 34.8 Å². The lowest BCUT2D eigenvalue weighted by Crippen LogP contribution is -2.51. The number of carbonyl (C=O) groups is 1. The Hall–Kier alpha value is -1.04. The fraction of sp³-hybridized carbons (Fsp3) is 0.522. The number of amides is 1. The molecule has 2 aromatic rings. The van der Waals surface area contributed by atoms with E-state index in [1.165, 1.54) is 19.3 Å². The first-order chi connectivity index (χ1) is 14.4. The number of fused-ring (bicyclic) bond motifs is 2. The van der Waals surface area contributed by atoms with Crippen molar-refractivity contribution in [3.63, 3.8) is 0 Å². The van der Waals surface area contributed by atoms with E-state index in [4.69, 9.17) is 39.5 Å². The number of ether oxygens (including phenoxy) is 1. The van der Waals surface area contributed by atoms with Gasteiger partial charge in [0.05, 0.1) is 6.61 Å². The van der Waals surface area contributed by atoms with Crippen molar-refractivity contribution in [2.24, 2.45) is 5.92 Å². The smallest absolute Gasteiger partial charge is 0.254 e. The summed E-state index contributed by atoms with van der Waals surface area (Å²) in [6, 6.07) is 13.8. The Balaban J connectivity index is 1.46. The lowest BCUT2D eigenvalue weighted by Gasteiger charge is -2.44. The van der Waals surface area contributed by atoms with Gasteiger partial charge in [0, 0.05) is 11.6 Å². The molecule has 3 atom stereocenters. The molecular weight excluding hydrogens is 443 g/mol. The molecule has 4 rings (SSSR count). The van der Waals surface area contributed by atoms with Crippen LogP contribution in [-0.2, 0) is 4.74 Å². The molecule has 2 aromatic carbocycles. The zero-order chi connectivity index (χ0) is 21.1. The Bertz CT molecular complexity index is 879. The second-order valence-corrected chi connectivity index (χ2v) is 10.6. The number of carbonyl (C=O) groups excluding carboxylic acids is 1. The molecule has 1 N–H and O–H groups in total. The molecule has 4 nitrogen and oxygen atoms in total. The average molecular weight is 470 g/mol. The standard InChI is InChI=1S/C23H27Cl3N2O2/c24-23(25,26)22(30-15-17-9-6-14-28-13-4-3-12-20(17)28)27-21(29)19-11-5-8-16-7-1-2-10-18(16)19/h1-2,5,7-8,10-11,17,20,22H,3-4,6,9,12-15H2,(H,27,29)/t17-,20-,22-/m1/s1. The highest BCUT2D eigenvalue weighted by molar-refractivity contribution is 6.68. The van der Waals surface area contributed by atoms with Crippen LogP contribution in [0.2, 0.25) is 0 Å². The second kappa shape index (κ2) is 9.62. The molecule has 7 heteroatoms. The van der Waals surface area contributed by atoms with Gasteiger partial charge in [0.25, 0.3) is 5.91 Å². The number of hydrogen-bond donors (Lipinski definition) is 1. The summed E-state index contributed by atoms with van der Waals surface area (Å²) in [5.74, 6) is 0.0782. The van der Waals surface area contributed by atoms with Gasteiger partial charge >= 0.3 is 0 Å². The SMILES string of the molecule is O=C(N[C@H](OC[C@H]1CCCN2CCCC[C@H]12)C(Cl)(Cl)Cl)c1cccc2ccccc12. The van der Waals surface area contributed by atoms with Crippen molar-refractivity contribution in [2.75, 3.05) is 19.7 Å². The summed E-state index contributed by atoms with van der Waals surface area (Å²) in [6.07, 6.45) is 4.95. The molecule has 2 heterocycles. The number of rotatable bonds is 5. The van der Waals surface area contributed by atoms with Crippen molar-refractivity contribution in [2.45, 2.75) is 48.2 Å². The largest absolute Gasteiger partial charge is 0.354 e. The van der Waals surface area contributed by atoms with E-state index in [-0.39, 0.29) is 5.91 Å². The van der Waals surface area contributed by atoms with Crippen LogP contribution in [0.25, 0.3) is 10.8 Å². The second-order valence-electron chi connectivity index (χ2n) is 8.26. The van der Waals surface area contributed by atoms with Crippen LogP contribution in [0.4, 0.5) is 0 Å². The monoisotopic (exact) mass is 468 g/mol. The summed E-state index contributed by atoms with van der Waals surface area (Å²) in [5.41, 5.74) is 0.534. The van der Waals surface area contributed by atoms with Crippen molar-refractivity contribution in [3.8, 4) is 0 Å². The van der Waals surface area contributed by atoms with Crippen molar-refractivity contribution in [1.29, 1.82) is 0 Å². The van der Waals surface area contributed by atoms with Gasteiger partial charge in [-0.15, -0.1) is 0 Å². The first kappa shape index (κ1) is 22.2. The van der Waals surface area contributed by atoms with Crippen molar-refractivity contribution >= 4 is 51.5 Å². The molecule has 0 bridgehead atoms. The summed E-state index contributed by atoms with van der Waals surface area (Å²) in [7, 11) is 0. The maximum Gasteiger partial charge on any atom is 0.254 e. The van der Waals surface area contributed by atoms with Gasteiger partial charge < -0.3 is 15.0 Å². The van der Waals surface area contributed by atoms with Gasteiger partial charge in [0.2, 0.25) is 3.79 Å². The predicted molar refractivity (Wildman–Crippen MR) is 123 cm³/mol. The zero-order valence-electron chi connectivity index (χ0n) is 16.8. The van der Waals surface area contributed by atoms with Crippen LogP contribution in [0.5, 0.6) is 0 Å². The van der Waals surface area contributed by atoms with Gasteiger partial charge in [0.15, 0.2) is 6.23 Å². The van der Waals surface area contributed by atoms with Crippen LogP contribution in [0.1, 0.15) is 42.5 Å². The van der Waals surface area contributed by atoms with E-state index < -0.39 is 10.0 Å². The molecule has 0 spiro atoms. The minimum absolute atomic E-state index is 0.314. The van der Waals surface area contributed by atoms with Crippen LogP contribution in [0, 0.1) is 5.92 Å². The average Bonchev–Trinajstić information content (AvgIpc) is 2.75. The van der Waals surface area contributed by atoms with Crippen molar-refractivity contribution in [1.82, 2.24) is 10.2 Å². The number of nitrogens with one attached hydrogen (secondary N) is 1.